The molecule has 0 unspecified atom stereocenters. The van der Waals surface area contributed by atoms with Crippen LogP contribution in [0.3, 0.4) is 0 Å². The Hall–Kier alpha value is -4.09. The van der Waals surface area contributed by atoms with Gasteiger partial charge in [-0.2, -0.15) is 9.97 Å². The van der Waals surface area contributed by atoms with Crippen molar-refractivity contribution >= 4 is 17.2 Å². The molecule has 1 saturated heterocycles. The smallest absolute Gasteiger partial charge is 0.354 e. The van der Waals surface area contributed by atoms with Crippen molar-refractivity contribution < 1.29 is 14.3 Å². The topological polar surface area (TPSA) is 145 Å². The highest BCUT2D eigenvalue weighted by atomic mass is 16.7. The number of anilines is 1. The molecule has 0 bridgehead atoms. The summed E-state index contributed by atoms with van der Waals surface area (Å²) in [7, 11) is 0. The van der Waals surface area contributed by atoms with Crippen molar-refractivity contribution in [1.29, 1.82) is 0 Å². The summed E-state index contributed by atoms with van der Waals surface area (Å²) in [6.45, 7) is 8.95. The van der Waals surface area contributed by atoms with Gasteiger partial charge in [-0.3, -0.25) is 15.1 Å². The first kappa shape index (κ1) is 22.1. The number of piperidine rings is 1. The lowest BCUT2D eigenvalue weighted by Gasteiger charge is -2.30. The van der Waals surface area contributed by atoms with Crippen LogP contribution in [0, 0.1) is 10.1 Å². The summed E-state index contributed by atoms with van der Waals surface area (Å²) in [6.07, 6.45) is 5.87. The monoisotopic (exact) mass is 452 g/mol. The molecule has 0 saturated carbocycles. The normalized spacial score (nSPS) is 14.3. The minimum absolute atomic E-state index is 0.0994. The number of nitrogens with one attached hydrogen (secondary N) is 1. The summed E-state index contributed by atoms with van der Waals surface area (Å²) in [5.74, 6) is 1.58. The van der Waals surface area contributed by atoms with Gasteiger partial charge in [-0.1, -0.05) is 25.6 Å². The van der Waals surface area contributed by atoms with Gasteiger partial charge in [0.15, 0.2) is 5.82 Å². The average molecular weight is 452 g/mol. The molecule has 4 heterocycles. The Kier molecular flexibility index (Phi) is 6.43. The highest BCUT2D eigenvalue weighted by Gasteiger charge is 2.33. The molecule has 0 spiro atoms. The summed E-state index contributed by atoms with van der Waals surface area (Å²) in [4.78, 5) is 35.2. The molecule has 1 fully saturated rings. The van der Waals surface area contributed by atoms with Gasteiger partial charge in [0, 0.05) is 42.9 Å². The van der Waals surface area contributed by atoms with Gasteiger partial charge in [0.05, 0.1) is 10.6 Å². The van der Waals surface area contributed by atoms with Gasteiger partial charge in [0.1, 0.15) is 6.33 Å². The first-order chi connectivity index (χ1) is 15.9. The van der Waals surface area contributed by atoms with Gasteiger partial charge in [0.25, 0.3) is 0 Å². The Morgan fingerprint density at radius 3 is 2.79 bits per heavy atom. The van der Waals surface area contributed by atoms with E-state index in [4.69, 9.17) is 9.36 Å². The molecule has 172 valence electrons. The standard InChI is InChI=1S/C21H24N8O4/c1-13(2)18-25-20(32-27-18)15-6-9-28(10-7-15)19-17(29(30)31)21(24-12-23-19)33-26-14(3)16-5-4-8-22-11-16/h4-5,8,11-13,15,26H,3,6-7,9-10H2,1-2H3. The number of hydrogen-bond acceptors (Lipinski definition) is 11. The predicted octanol–water partition coefficient (Wildman–Crippen LogP) is 3.22. The molecule has 1 N–H and O–H groups in total. The van der Waals surface area contributed by atoms with Crippen molar-refractivity contribution in [3.63, 3.8) is 0 Å². The summed E-state index contributed by atoms with van der Waals surface area (Å²) < 4.78 is 5.42. The van der Waals surface area contributed by atoms with E-state index in [0.717, 1.165) is 0 Å². The fourth-order valence-corrected chi connectivity index (χ4v) is 3.52. The van der Waals surface area contributed by atoms with Crippen molar-refractivity contribution in [3.8, 4) is 5.88 Å². The maximum atomic E-state index is 11.9. The second-order valence-electron chi connectivity index (χ2n) is 7.94. The van der Waals surface area contributed by atoms with Crippen LogP contribution >= 0.6 is 0 Å². The van der Waals surface area contributed by atoms with Gasteiger partial charge >= 0.3 is 11.6 Å². The van der Waals surface area contributed by atoms with Crippen molar-refractivity contribution in [3.05, 3.63) is 64.8 Å². The van der Waals surface area contributed by atoms with Crippen molar-refractivity contribution in [2.75, 3.05) is 18.0 Å². The maximum Gasteiger partial charge on any atom is 0.375 e. The van der Waals surface area contributed by atoms with E-state index in [1.165, 1.54) is 6.33 Å². The van der Waals surface area contributed by atoms with E-state index in [9.17, 15) is 10.1 Å². The van der Waals surface area contributed by atoms with E-state index >= 15 is 0 Å². The molecule has 12 nitrogen and oxygen atoms in total. The van der Waals surface area contributed by atoms with Crippen LogP contribution in [0.4, 0.5) is 11.5 Å². The van der Waals surface area contributed by atoms with Crippen molar-refractivity contribution in [1.82, 2.24) is 30.6 Å². The third-order valence-electron chi connectivity index (χ3n) is 5.35. The van der Waals surface area contributed by atoms with Crippen LogP contribution in [0.2, 0.25) is 0 Å². The largest absolute Gasteiger partial charge is 0.375 e. The van der Waals surface area contributed by atoms with E-state index in [2.05, 4.69) is 37.2 Å². The Balaban J connectivity index is 1.46. The van der Waals surface area contributed by atoms with Crippen molar-refractivity contribution in [2.45, 2.75) is 38.5 Å². The summed E-state index contributed by atoms with van der Waals surface area (Å²) in [5, 5.41) is 15.9. The number of nitro groups is 1. The average Bonchev–Trinajstić information content (AvgIpc) is 3.33. The SMILES string of the molecule is C=C(NOc1ncnc(N2CCC(c3nc(C(C)C)no3)CC2)c1[N+](=O)[O-])c1cccnc1. The lowest BCUT2D eigenvalue weighted by molar-refractivity contribution is -0.385. The lowest BCUT2D eigenvalue weighted by Crippen LogP contribution is -2.34. The van der Waals surface area contributed by atoms with E-state index in [0.29, 0.717) is 48.9 Å². The fraction of sp³-hybridized carbons (Fsp3) is 0.381. The Bertz CT molecular complexity index is 1130. The van der Waals surface area contributed by atoms with Crippen LogP contribution in [0.1, 0.15) is 55.8 Å². The van der Waals surface area contributed by atoms with Gasteiger partial charge in [0.2, 0.25) is 11.7 Å². The molecule has 0 amide bonds. The molecule has 0 aromatic carbocycles. The number of hydroxylamine groups is 1. The van der Waals surface area contributed by atoms with Crippen LogP contribution in [0.15, 0.2) is 42.0 Å². The third-order valence-corrected chi connectivity index (χ3v) is 5.35. The van der Waals surface area contributed by atoms with E-state index in [1.807, 2.05) is 18.7 Å². The fourth-order valence-electron chi connectivity index (χ4n) is 3.52. The van der Waals surface area contributed by atoms with E-state index < -0.39 is 4.92 Å². The molecule has 0 radical (unpaired) electrons. The van der Waals surface area contributed by atoms with Gasteiger partial charge < -0.3 is 14.3 Å². The molecule has 0 aliphatic carbocycles. The summed E-state index contributed by atoms with van der Waals surface area (Å²) >= 11 is 0. The van der Waals surface area contributed by atoms with Crippen LogP contribution in [-0.2, 0) is 0 Å². The van der Waals surface area contributed by atoms with Crippen molar-refractivity contribution in [2.24, 2.45) is 0 Å². The predicted molar refractivity (Wildman–Crippen MR) is 118 cm³/mol. The number of pyridine rings is 1. The quantitative estimate of drug-likeness (QED) is 0.397. The van der Waals surface area contributed by atoms with Gasteiger partial charge in [-0.05, 0) is 25.0 Å². The first-order valence-corrected chi connectivity index (χ1v) is 10.5. The Morgan fingerprint density at radius 1 is 1.36 bits per heavy atom. The zero-order valence-electron chi connectivity index (χ0n) is 18.3. The highest BCUT2D eigenvalue weighted by molar-refractivity contribution is 5.64. The van der Waals surface area contributed by atoms with Crippen LogP contribution in [-0.4, -0.2) is 43.1 Å². The molecule has 3 aromatic rings. The molecular formula is C21H24N8O4. The number of hydrogen-bond donors (Lipinski definition) is 1. The third kappa shape index (κ3) is 4.89. The molecule has 0 atom stereocenters. The van der Waals surface area contributed by atoms with Crippen LogP contribution < -0.4 is 15.2 Å². The van der Waals surface area contributed by atoms with E-state index in [1.54, 1.807) is 24.5 Å². The number of aromatic nitrogens is 5. The summed E-state index contributed by atoms with van der Waals surface area (Å²) in [6, 6.07) is 3.53. The lowest BCUT2D eigenvalue weighted by atomic mass is 9.96. The maximum absolute atomic E-state index is 11.9. The second kappa shape index (κ2) is 9.59. The molecule has 33 heavy (non-hydrogen) atoms. The second-order valence-corrected chi connectivity index (χ2v) is 7.94. The number of rotatable bonds is 8. The Morgan fingerprint density at radius 2 is 2.15 bits per heavy atom. The molecule has 1 aliphatic heterocycles. The Labute approximate surface area is 189 Å². The first-order valence-electron chi connectivity index (χ1n) is 10.5. The van der Waals surface area contributed by atoms with Crippen LogP contribution in [0.5, 0.6) is 5.88 Å². The van der Waals surface area contributed by atoms with Gasteiger partial charge in [-0.25, -0.2) is 10.5 Å². The summed E-state index contributed by atoms with van der Waals surface area (Å²) in [5.41, 5.74) is 3.35. The molecule has 3 aromatic heterocycles. The molecule has 12 heteroatoms. The molecule has 4 rings (SSSR count). The zero-order valence-corrected chi connectivity index (χ0v) is 18.3. The zero-order chi connectivity index (χ0) is 23.4. The molecular weight excluding hydrogens is 428 g/mol. The minimum Gasteiger partial charge on any atom is -0.354 e. The number of nitrogens with zero attached hydrogens (tertiary/aromatic N) is 7. The van der Waals surface area contributed by atoms with Crippen LogP contribution in [0.25, 0.3) is 5.70 Å². The highest BCUT2D eigenvalue weighted by Crippen LogP contribution is 2.37. The minimum atomic E-state index is -0.543. The molecule has 1 aliphatic rings. The van der Waals surface area contributed by atoms with Gasteiger partial charge in [-0.15, -0.1) is 0 Å². The van der Waals surface area contributed by atoms with E-state index in [-0.39, 0.29) is 29.2 Å².